The summed E-state index contributed by atoms with van der Waals surface area (Å²) in [4.78, 5) is 55.5. The highest BCUT2D eigenvalue weighted by Gasteiger charge is 2.45. The molecule has 1 fully saturated rings. The lowest BCUT2D eigenvalue weighted by Gasteiger charge is -2.26. The van der Waals surface area contributed by atoms with E-state index in [0.29, 0.717) is 40.9 Å². The number of fused-ring (bicyclic) bond motifs is 1. The second kappa shape index (κ2) is 9.59. The number of anilines is 1. The van der Waals surface area contributed by atoms with Gasteiger partial charge < -0.3 is 14.4 Å². The number of carbonyl (C=O) groups excluding carboxylic acids is 4. The van der Waals surface area contributed by atoms with E-state index < -0.39 is 30.3 Å². The summed E-state index contributed by atoms with van der Waals surface area (Å²) in [5, 5.41) is 1.90. The first-order chi connectivity index (χ1) is 17.0. The Morgan fingerprint density at radius 3 is 2.37 bits per heavy atom. The van der Waals surface area contributed by atoms with Gasteiger partial charge in [-0.1, -0.05) is 36.4 Å². The van der Waals surface area contributed by atoms with E-state index in [-0.39, 0.29) is 13.1 Å². The van der Waals surface area contributed by atoms with Gasteiger partial charge in [-0.3, -0.25) is 19.3 Å². The smallest absolute Gasteiger partial charge is 0.335 e. The average molecular weight is 492 g/mol. The highest BCUT2D eigenvalue weighted by molar-refractivity contribution is 7.09. The highest BCUT2D eigenvalue weighted by atomic mass is 32.1. The summed E-state index contributed by atoms with van der Waals surface area (Å²) >= 11 is 1.48. The second-order valence-electron chi connectivity index (χ2n) is 7.94. The number of imide groups is 2. The van der Waals surface area contributed by atoms with Gasteiger partial charge in [-0.25, -0.2) is 9.69 Å². The summed E-state index contributed by atoms with van der Waals surface area (Å²) in [6.07, 6.45) is 0. The van der Waals surface area contributed by atoms with Crippen molar-refractivity contribution in [2.45, 2.75) is 13.1 Å². The van der Waals surface area contributed by atoms with Gasteiger partial charge in [0.2, 0.25) is 5.91 Å². The first-order valence-electron chi connectivity index (χ1n) is 10.9. The molecular weight excluding hydrogens is 470 g/mol. The van der Waals surface area contributed by atoms with E-state index in [4.69, 9.17) is 9.47 Å². The molecular formula is C25H21N3O6S. The fourth-order valence-electron chi connectivity index (χ4n) is 3.90. The Bertz CT molecular complexity index is 1280. The first kappa shape index (κ1) is 22.6. The van der Waals surface area contributed by atoms with Gasteiger partial charge in [0, 0.05) is 16.6 Å². The Morgan fingerprint density at radius 1 is 0.886 bits per heavy atom. The number of hydrogen-bond donors (Lipinski definition) is 0. The molecule has 1 saturated heterocycles. The molecule has 0 bridgehead atoms. The molecule has 0 N–H and O–H groups in total. The van der Waals surface area contributed by atoms with Crippen LogP contribution in [0.4, 0.5) is 10.5 Å². The van der Waals surface area contributed by atoms with Crippen molar-refractivity contribution in [1.29, 1.82) is 0 Å². The predicted molar refractivity (Wildman–Crippen MR) is 127 cm³/mol. The SMILES string of the molecule is O=C1C(=O)N(Cc2ccccc2)C(=O)N1CC(=O)N(Cc1cccs1)c1ccc2c(c1)OCCO2. The Morgan fingerprint density at radius 2 is 1.63 bits per heavy atom. The number of hydrogen-bond acceptors (Lipinski definition) is 7. The van der Waals surface area contributed by atoms with Crippen LogP contribution >= 0.6 is 11.3 Å². The van der Waals surface area contributed by atoms with Gasteiger partial charge in [0.05, 0.1) is 13.1 Å². The number of amides is 5. The zero-order chi connectivity index (χ0) is 24.4. The van der Waals surface area contributed by atoms with Crippen LogP contribution in [-0.2, 0) is 27.5 Å². The summed E-state index contributed by atoms with van der Waals surface area (Å²) in [5.74, 6) is -1.38. The van der Waals surface area contributed by atoms with Gasteiger partial charge in [0.1, 0.15) is 19.8 Å². The number of urea groups is 1. The van der Waals surface area contributed by atoms with Crippen LogP contribution in [0.15, 0.2) is 66.0 Å². The lowest BCUT2D eigenvalue weighted by molar-refractivity contribution is -0.144. The molecule has 0 atom stereocenters. The fraction of sp³-hybridized carbons (Fsp3) is 0.200. The van der Waals surface area contributed by atoms with Crippen molar-refractivity contribution in [2.75, 3.05) is 24.7 Å². The molecule has 9 nitrogen and oxygen atoms in total. The monoisotopic (exact) mass is 491 g/mol. The highest BCUT2D eigenvalue weighted by Crippen LogP contribution is 2.35. The van der Waals surface area contributed by atoms with Gasteiger partial charge >= 0.3 is 17.8 Å². The molecule has 0 unspecified atom stereocenters. The molecule has 178 valence electrons. The van der Waals surface area contributed by atoms with Crippen molar-refractivity contribution < 1.29 is 28.7 Å². The van der Waals surface area contributed by atoms with Gasteiger partial charge in [0.25, 0.3) is 0 Å². The number of ether oxygens (including phenoxy) is 2. The summed E-state index contributed by atoms with van der Waals surface area (Å²) in [6, 6.07) is 17.0. The maximum absolute atomic E-state index is 13.4. The average Bonchev–Trinajstić information content (AvgIpc) is 3.47. The van der Waals surface area contributed by atoms with Crippen molar-refractivity contribution in [1.82, 2.24) is 9.80 Å². The van der Waals surface area contributed by atoms with Gasteiger partial charge in [0.15, 0.2) is 11.5 Å². The molecule has 0 spiro atoms. The van der Waals surface area contributed by atoms with E-state index in [1.54, 1.807) is 42.5 Å². The first-order valence-corrected chi connectivity index (χ1v) is 11.8. The van der Waals surface area contributed by atoms with Crippen LogP contribution in [0, 0.1) is 0 Å². The third-order valence-electron chi connectivity index (χ3n) is 5.64. The molecule has 3 aromatic rings. The lowest BCUT2D eigenvalue weighted by atomic mass is 10.2. The molecule has 2 aromatic carbocycles. The number of thiophene rings is 1. The van der Waals surface area contributed by atoms with Crippen LogP contribution in [0.5, 0.6) is 11.5 Å². The van der Waals surface area contributed by atoms with Crippen LogP contribution in [0.3, 0.4) is 0 Å². The zero-order valence-corrected chi connectivity index (χ0v) is 19.4. The second-order valence-corrected chi connectivity index (χ2v) is 8.97. The zero-order valence-electron chi connectivity index (χ0n) is 18.6. The van der Waals surface area contributed by atoms with Crippen molar-refractivity contribution in [3.8, 4) is 11.5 Å². The molecule has 0 radical (unpaired) electrons. The van der Waals surface area contributed by atoms with Crippen LogP contribution in [0.1, 0.15) is 10.4 Å². The van der Waals surface area contributed by atoms with Gasteiger partial charge in [-0.05, 0) is 29.1 Å². The van der Waals surface area contributed by atoms with Crippen LogP contribution in [-0.4, -0.2) is 53.3 Å². The van der Waals surface area contributed by atoms with E-state index >= 15 is 0 Å². The molecule has 35 heavy (non-hydrogen) atoms. The summed E-state index contributed by atoms with van der Waals surface area (Å²) in [7, 11) is 0. The summed E-state index contributed by atoms with van der Waals surface area (Å²) < 4.78 is 11.2. The van der Waals surface area contributed by atoms with E-state index in [2.05, 4.69) is 0 Å². The number of carbonyl (C=O) groups is 4. The molecule has 3 heterocycles. The minimum absolute atomic E-state index is 0.0456. The third kappa shape index (κ3) is 4.60. The van der Waals surface area contributed by atoms with Crippen molar-refractivity contribution in [3.63, 3.8) is 0 Å². The standard InChI is InChI=1S/C25H21N3O6S/c29-22(16-28-24(31)23(30)27(25(28)32)14-17-5-2-1-3-6-17)26(15-19-7-4-12-35-19)18-8-9-20-21(13-18)34-11-10-33-20/h1-9,12-13H,10-11,14-16H2. The molecule has 5 rings (SSSR count). The number of benzene rings is 2. The molecule has 10 heteroatoms. The van der Waals surface area contributed by atoms with Crippen LogP contribution in [0.25, 0.3) is 0 Å². The molecule has 2 aliphatic rings. The fourth-order valence-corrected chi connectivity index (χ4v) is 4.59. The van der Waals surface area contributed by atoms with E-state index in [0.717, 1.165) is 9.78 Å². The van der Waals surface area contributed by atoms with Gasteiger partial charge in [-0.15, -0.1) is 11.3 Å². The molecule has 5 amide bonds. The van der Waals surface area contributed by atoms with Crippen LogP contribution < -0.4 is 14.4 Å². The summed E-state index contributed by atoms with van der Waals surface area (Å²) in [6.45, 7) is 0.459. The molecule has 1 aromatic heterocycles. The van der Waals surface area contributed by atoms with Crippen molar-refractivity contribution in [3.05, 3.63) is 76.5 Å². The Hall–Kier alpha value is -4.18. The van der Waals surface area contributed by atoms with E-state index in [9.17, 15) is 19.2 Å². The summed E-state index contributed by atoms with van der Waals surface area (Å²) in [5.41, 5.74) is 1.23. The third-order valence-corrected chi connectivity index (χ3v) is 6.51. The van der Waals surface area contributed by atoms with Crippen LogP contribution in [0.2, 0.25) is 0 Å². The molecule has 0 saturated carbocycles. The Balaban J connectivity index is 1.38. The minimum Gasteiger partial charge on any atom is -0.486 e. The van der Waals surface area contributed by atoms with Gasteiger partial charge in [-0.2, -0.15) is 0 Å². The van der Waals surface area contributed by atoms with E-state index in [1.807, 2.05) is 23.6 Å². The number of nitrogens with zero attached hydrogens (tertiary/aromatic N) is 3. The normalized spacial score (nSPS) is 15.0. The molecule has 0 aliphatic carbocycles. The minimum atomic E-state index is -1.02. The number of rotatable bonds is 7. The quantitative estimate of drug-likeness (QED) is 0.372. The maximum Gasteiger partial charge on any atom is 0.335 e. The predicted octanol–water partition coefficient (Wildman–Crippen LogP) is 3.04. The van der Waals surface area contributed by atoms with Crippen molar-refractivity contribution in [2.24, 2.45) is 0 Å². The molecule has 2 aliphatic heterocycles. The van der Waals surface area contributed by atoms with Crippen molar-refractivity contribution >= 4 is 40.8 Å². The topological polar surface area (TPSA) is 96.5 Å². The van der Waals surface area contributed by atoms with E-state index in [1.165, 1.54) is 16.2 Å². The lowest BCUT2D eigenvalue weighted by Crippen LogP contribution is -2.43. The Labute approximate surface area is 205 Å². The largest absolute Gasteiger partial charge is 0.486 e. The Kier molecular flexibility index (Phi) is 6.19. The maximum atomic E-state index is 13.4.